The lowest BCUT2D eigenvalue weighted by atomic mass is 10.1. The molecule has 0 saturated heterocycles. The summed E-state index contributed by atoms with van der Waals surface area (Å²) in [5.74, 6) is 0.859. The Morgan fingerprint density at radius 2 is 2.44 bits per heavy atom. The first-order valence-electron chi connectivity index (χ1n) is 5.68. The zero-order chi connectivity index (χ0) is 13.0. The predicted octanol–water partition coefficient (Wildman–Crippen LogP) is 2.19. The first-order chi connectivity index (χ1) is 8.77. The molecule has 1 unspecified atom stereocenters. The number of nitrogens with one attached hydrogen (secondary N) is 1. The number of hydrogen-bond acceptors (Lipinski definition) is 4. The van der Waals surface area contributed by atoms with Crippen LogP contribution in [-0.4, -0.2) is 30.5 Å². The van der Waals surface area contributed by atoms with E-state index in [1.807, 2.05) is 23.9 Å². The number of furan rings is 1. The molecule has 0 bridgehead atoms. The lowest BCUT2D eigenvalue weighted by Crippen LogP contribution is -2.22. The highest BCUT2D eigenvalue weighted by molar-refractivity contribution is 9.10. The summed E-state index contributed by atoms with van der Waals surface area (Å²) in [6, 6.07) is 3.79. The third kappa shape index (κ3) is 2.66. The number of aromatic nitrogens is 2. The Morgan fingerprint density at radius 3 is 3.06 bits per heavy atom. The van der Waals surface area contributed by atoms with Gasteiger partial charge in [0.15, 0.2) is 0 Å². The third-order valence-electron chi connectivity index (χ3n) is 2.73. The van der Waals surface area contributed by atoms with E-state index in [2.05, 4.69) is 26.3 Å². The lowest BCUT2D eigenvalue weighted by molar-refractivity contribution is 0.181. The molecule has 0 fully saturated rings. The van der Waals surface area contributed by atoms with Crippen molar-refractivity contribution < 1.29 is 9.15 Å². The van der Waals surface area contributed by atoms with E-state index in [0.717, 1.165) is 15.9 Å². The number of halogens is 1. The lowest BCUT2D eigenvalue weighted by Gasteiger charge is -2.16. The molecule has 18 heavy (non-hydrogen) atoms. The Balaban J connectivity index is 2.32. The van der Waals surface area contributed by atoms with Crippen LogP contribution >= 0.6 is 15.9 Å². The van der Waals surface area contributed by atoms with Crippen molar-refractivity contribution in [1.29, 1.82) is 0 Å². The molecule has 6 heteroatoms. The van der Waals surface area contributed by atoms with Crippen LogP contribution in [0.4, 0.5) is 0 Å². The fraction of sp³-hybridized carbons (Fsp3) is 0.417. The summed E-state index contributed by atoms with van der Waals surface area (Å²) in [6.45, 7) is 1.33. The number of methoxy groups -OCH3 is 1. The van der Waals surface area contributed by atoms with E-state index in [4.69, 9.17) is 9.15 Å². The van der Waals surface area contributed by atoms with E-state index in [0.29, 0.717) is 13.2 Å². The third-order valence-corrected chi connectivity index (χ3v) is 3.34. The molecule has 5 nitrogen and oxygen atoms in total. The predicted molar refractivity (Wildman–Crippen MR) is 71.4 cm³/mol. The number of hydrogen-bond donors (Lipinski definition) is 1. The van der Waals surface area contributed by atoms with Crippen molar-refractivity contribution in [1.82, 2.24) is 15.1 Å². The van der Waals surface area contributed by atoms with Crippen LogP contribution in [-0.2, 0) is 11.3 Å². The monoisotopic (exact) mass is 313 g/mol. The molecule has 0 aromatic carbocycles. The maximum atomic E-state index is 5.47. The highest BCUT2D eigenvalue weighted by Crippen LogP contribution is 2.28. The number of ether oxygens (including phenoxy) is 1. The summed E-state index contributed by atoms with van der Waals surface area (Å²) in [5.41, 5.74) is 1.03. The Bertz CT molecular complexity index is 481. The van der Waals surface area contributed by atoms with Gasteiger partial charge in [0.2, 0.25) is 0 Å². The molecular weight excluding hydrogens is 298 g/mol. The van der Waals surface area contributed by atoms with E-state index in [1.165, 1.54) is 0 Å². The van der Waals surface area contributed by atoms with Gasteiger partial charge in [-0.05, 0) is 35.1 Å². The molecule has 2 aromatic rings. The Kier molecular flexibility index (Phi) is 4.57. The van der Waals surface area contributed by atoms with E-state index in [9.17, 15) is 0 Å². The van der Waals surface area contributed by atoms with Gasteiger partial charge >= 0.3 is 0 Å². The number of rotatable bonds is 6. The molecule has 0 aliphatic carbocycles. The molecule has 2 rings (SSSR count). The minimum Gasteiger partial charge on any atom is -0.467 e. The quantitative estimate of drug-likeness (QED) is 0.888. The topological polar surface area (TPSA) is 52.2 Å². The molecule has 0 aliphatic heterocycles. The van der Waals surface area contributed by atoms with Gasteiger partial charge in [-0.3, -0.25) is 4.68 Å². The van der Waals surface area contributed by atoms with Crippen LogP contribution in [0.25, 0.3) is 0 Å². The Morgan fingerprint density at radius 1 is 1.61 bits per heavy atom. The first-order valence-corrected chi connectivity index (χ1v) is 6.48. The zero-order valence-electron chi connectivity index (χ0n) is 10.4. The summed E-state index contributed by atoms with van der Waals surface area (Å²) in [5, 5.41) is 7.58. The summed E-state index contributed by atoms with van der Waals surface area (Å²) < 4.78 is 13.4. The van der Waals surface area contributed by atoms with Crippen molar-refractivity contribution in [3.05, 3.63) is 40.5 Å². The molecule has 0 aliphatic rings. The minimum absolute atomic E-state index is 0.0336. The van der Waals surface area contributed by atoms with Crippen molar-refractivity contribution in [2.45, 2.75) is 12.6 Å². The molecule has 0 spiro atoms. The standard InChI is InChI=1S/C12H16BrN3O2/c1-14-11(10-4-3-6-18-10)12-9(13)8-15-16(12)5-7-17-2/h3-4,6,8,11,14H,5,7H2,1-2H3. The summed E-state index contributed by atoms with van der Waals surface area (Å²) in [4.78, 5) is 0. The summed E-state index contributed by atoms with van der Waals surface area (Å²) in [7, 11) is 3.58. The van der Waals surface area contributed by atoms with Crippen molar-refractivity contribution in [2.24, 2.45) is 0 Å². The number of nitrogens with zero attached hydrogens (tertiary/aromatic N) is 2. The van der Waals surface area contributed by atoms with E-state index >= 15 is 0 Å². The van der Waals surface area contributed by atoms with Crippen LogP contribution in [0.3, 0.4) is 0 Å². The highest BCUT2D eigenvalue weighted by Gasteiger charge is 2.22. The molecule has 2 aromatic heterocycles. The Labute approximate surface area is 114 Å². The van der Waals surface area contributed by atoms with Crippen LogP contribution in [0.15, 0.2) is 33.5 Å². The smallest absolute Gasteiger partial charge is 0.126 e. The highest BCUT2D eigenvalue weighted by atomic mass is 79.9. The van der Waals surface area contributed by atoms with Crippen LogP contribution in [0.2, 0.25) is 0 Å². The summed E-state index contributed by atoms with van der Waals surface area (Å²) in [6.07, 6.45) is 3.46. The maximum absolute atomic E-state index is 5.47. The van der Waals surface area contributed by atoms with Crippen molar-refractivity contribution >= 4 is 15.9 Å². The van der Waals surface area contributed by atoms with E-state index in [1.54, 1.807) is 19.6 Å². The minimum atomic E-state index is -0.0336. The fourth-order valence-electron chi connectivity index (χ4n) is 1.88. The van der Waals surface area contributed by atoms with E-state index < -0.39 is 0 Å². The molecule has 2 heterocycles. The van der Waals surface area contributed by atoms with Gasteiger partial charge in [-0.15, -0.1) is 0 Å². The zero-order valence-corrected chi connectivity index (χ0v) is 12.0. The summed E-state index contributed by atoms with van der Waals surface area (Å²) >= 11 is 3.53. The van der Waals surface area contributed by atoms with E-state index in [-0.39, 0.29) is 6.04 Å². The molecule has 1 atom stereocenters. The molecule has 0 radical (unpaired) electrons. The Hall–Kier alpha value is -1.11. The van der Waals surface area contributed by atoms with Crippen LogP contribution in [0.1, 0.15) is 17.5 Å². The molecular formula is C12H16BrN3O2. The van der Waals surface area contributed by atoms with Gasteiger partial charge in [-0.25, -0.2) is 0 Å². The molecule has 0 saturated carbocycles. The van der Waals surface area contributed by atoms with Gasteiger partial charge in [0.25, 0.3) is 0 Å². The van der Waals surface area contributed by atoms with Gasteiger partial charge in [0.05, 0.1) is 35.8 Å². The van der Waals surface area contributed by atoms with Crippen LogP contribution in [0, 0.1) is 0 Å². The van der Waals surface area contributed by atoms with Gasteiger partial charge in [0.1, 0.15) is 11.8 Å². The second kappa shape index (κ2) is 6.17. The van der Waals surface area contributed by atoms with Crippen LogP contribution in [0.5, 0.6) is 0 Å². The van der Waals surface area contributed by atoms with Crippen molar-refractivity contribution in [3.63, 3.8) is 0 Å². The SMILES string of the molecule is CNC(c1ccco1)c1c(Br)cnn1CCOC. The molecule has 1 N–H and O–H groups in total. The average Bonchev–Trinajstić information content (AvgIpc) is 3.00. The normalized spacial score (nSPS) is 12.8. The van der Waals surface area contributed by atoms with Crippen LogP contribution < -0.4 is 5.32 Å². The second-order valence-electron chi connectivity index (χ2n) is 3.83. The van der Waals surface area contributed by atoms with Gasteiger partial charge in [-0.2, -0.15) is 5.10 Å². The second-order valence-corrected chi connectivity index (χ2v) is 4.69. The molecule has 98 valence electrons. The largest absolute Gasteiger partial charge is 0.467 e. The van der Waals surface area contributed by atoms with Gasteiger partial charge in [0, 0.05) is 7.11 Å². The fourth-order valence-corrected chi connectivity index (χ4v) is 2.41. The van der Waals surface area contributed by atoms with Crippen molar-refractivity contribution in [3.8, 4) is 0 Å². The maximum Gasteiger partial charge on any atom is 0.126 e. The van der Waals surface area contributed by atoms with Crippen molar-refractivity contribution in [2.75, 3.05) is 20.8 Å². The first kappa shape index (κ1) is 13.3. The molecule has 0 amide bonds. The average molecular weight is 314 g/mol. The van der Waals surface area contributed by atoms with Gasteiger partial charge < -0.3 is 14.5 Å². The van der Waals surface area contributed by atoms with Gasteiger partial charge in [-0.1, -0.05) is 0 Å².